The van der Waals surface area contributed by atoms with Crippen LogP contribution in [0.5, 0.6) is 0 Å². The maximum absolute atomic E-state index is 3.37. The Kier molecular flexibility index (Phi) is 4.86. The summed E-state index contributed by atoms with van der Waals surface area (Å²) < 4.78 is 4.39. The van der Waals surface area contributed by atoms with Crippen LogP contribution in [-0.2, 0) is 6.42 Å². The van der Waals surface area contributed by atoms with Crippen molar-refractivity contribution in [2.75, 3.05) is 12.4 Å². The van der Waals surface area contributed by atoms with Gasteiger partial charge in [-0.05, 0) is 34.9 Å². The van der Waals surface area contributed by atoms with Gasteiger partial charge in [-0.1, -0.05) is 39.8 Å². The van der Waals surface area contributed by atoms with Crippen molar-refractivity contribution in [1.82, 2.24) is 0 Å². The third-order valence-corrected chi connectivity index (χ3v) is 13.2. The zero-order valence-electron chi connectivity index (χ0n) is 18.3. The first-order chi connectivity index (χ1) is 14.9. The van der Waals surface area contributed by atoms with E-state index in [0.29, 0.717) is 10.5 Å². The van der Waals surface area contributed by atoms with Crippen molar-refractivity contribution in [3.8, 4) is 0 Å². The molecular weight excluding hydrogens is 475 g/mol. The highest BCUT2D eigenvalue weighted by Gasteiger charge is 2.37. The van der Waals surface area contributed by atoms with Gasteiger partial charge in [0.2, 0.25) is 0 Å². The Morgan fingerprint density at radius 3 is 2.29 bits per heavy atom. The van der Waals surface area contributed by atoms with Crippen LogP contribution in [0.4, 0.5) is 5.00 Å². The van der Waals surface area contributed by atoms with Crippen LogP contribution in [0, 0.1) is 5.41 Å². The molecule has 6 heteroatoms. The predicted molar refractivity (Wildman–Crippen MR) is 150 cm³/mol. The minimum absolute atomic E-state index is 0.262. The average Bonchev–Trinajstić information content (AvgIpc) is 3.51. The maximum Gasteiger partial charge on any atom is 0.0892 e. The van der Waals surface area contributed by atoms with Crippen molar-refractivity contribution < 1.29 is 0 Å². The number of benzene rings is 1. The van der Waals surface area contributed by atoms with Crippen LogP contribution in [0.2, 0.25) is 0 Å². The van der Waals surface area contributed by atoms with Crippen molar-refractivity contribution in [2.24, 2.45) is 5.41 Å². The molecule has 0 saturated carbocycles. The Morgan fingerprint density at radius 1 is 0.839 bits per heavy atom. The molecule has 4 aromatic rings. The molecular formula is C25H25NS5. The summed E-state index contributed by atoms with van der Waals surface area (Å²) in [5, 5.41) is 10.1. The van der Waals surface area contributed by atoms with Crippen molar-refractivity contribution in [2.45, 2.75) is 44.6 Å². The van der Waals surface area contributed by atoms with E-state index in [1.165, 1.54) is 49.9 Å². The van der Waals surface area contributed by atoms with Crippen molar-refractivity contribution in [1.29, 1.82) is 0 Å². The van der Waals surface area contributed by atoms with Crippen LogP contribution in [0.3, 0.4) is 0 Å². The van der Waals surface area contributed by atoms with Gasteiger partial charge in [-0.3, -0.25) is 0 Å². The van der Waals surface area contributed by atoms with Gasteiger partial charge in [0.1, 0.15) is 0 Å². The highest BCUT2D eigenvalue weighted by Crippen LogP contribution is 2.56. The molecule has 3 aromatic heterocycles. The van der Waals surface area contributed by atoms with E-state index in [9.17, 15) is 0 Å². The Labute approximate surface area is 204 Å². The summed E-state index contributed by atoms with van der Waals surface area (Å²) in [6, 6.07) is 7.25. The van der Waals surface area contributed by atoms with E-state index in [0.717, 1.165) is 6.42 Å². The summed E-state index contributed by atoms with van der Waals surface area (Å²) in [5.74, 6) is 0. The van der Waals surface area contributed by atoms with Gasteiger partial charge in [-0.15, -0.1) is 57.5 Å². The first kappa shape index (κ1) is 20.7. The van der Waals surface area contributed by atoms with E-state index in [-0.39, 0.29) is 5.41 Å². The summed E-state index contributed by atoms with van der Waals surface area (Å²) in [7, 11) is 2.03. The van der Waals surface area contributed by atoms with Gasteiger partial charge in [0.25, 0.3) is 0 Å². The highest BCUT2D eigenvalue weighted by molar-refractivity contribution is 8.12. The van der Waals surface area contributed by atoms with E-state index in [4.69, 9.17) is 0 Å². The third kappa shape index (κ3) is 3.24. The molecule has 5 heterocycles. The molecule has 1 N–H and O–H groups in total. The van der Waals surface area contributed by atoms with Gasteiger partial charge >= 0.3 is 0 Å². The number of hydrogen-bond donors (Lipinski definition) is 1. The van der Waals surface area contributed by atoms with Gasteiger partial charge in [-0.2, -0.15) is 0 Å². The van der Waals surface area contributed by atoms with E-state index in [1.54, 1.807) is 4.91 Å². The fraction of sp³-hybridized carbons (Fsp3) is 0.360. The smallest absolute Gasteiger partial charge is 0.0892 e. The molecule has 0 fully saturated rings. The SMILES string of the molecule is CCc1cc2c3sc(NC)cc3c3cc(C4=CC5SC(C(C)(C)C)=CC5S4)sc3c2s1. The number of aryl methyl sites for hydroxylation is 1. The molecule has 0 radical (unpaired) electrons. The highest BCUT2D eigenvalue weighted by atomic mass is 32.2. The lowest BCUT2D eigenvalue weighted by molar-refractivity contribution is 0.533. The van der Waals surface area contributed by atoms with Crippen LogP contribution in [0.25, 0.3) is 35.2 Å². The van der Waals surface area contributed by atoms with Crippen LogP contribution < -0.4 is 5.32 Å². The van der Waals surface area contributed by atoms with E-state index >= 15 is 0 Å². The predicted octanol–water partition coefficient (Wildman–Crippen LogP) is 9.44. The van der Waals surface area contributed by atoms with E-state index < -0.39 is 0 Å². The largest absolute Gasteiger partial charge is 0.380 e. The Bertz CT molecular complexity index is 1330. The van der Waals surface area contributed by atoms with Crippen LogP contribution in [-0.4, -0.2) is 17.5 Å². The lowest BCUT2D eigenvalue weighted by Crippen LogP contribution is -2.05. The average molecular weight is 500 g/mol. The minimum atomic E-state index is 0.262. The quantitative estimate of drug-likeness (QED) is 0.301. The standard InChI is InChI=1S/C25H25NS5/c1-6-12-7-15-22-14(9-21(26-5)31-22)13-8-16(30-23(13)24(15)27-12)17-10-18-19(28-17)11-20(29-18)25(2,3)4/h7-11,18-19,26H,6H2,1-5H3. The molecule has 0 bridgehead atoms. The number of thioether (sulfide) groups is 2. The second kappa shape index (κ2) is 7.29. The van der Waals surface area contributed by atoms with Gasteiger partial charge in [0, 0.05) is 53.1 Å². The molecule has 2 unspecified atom stereocenters. The second-order valence-corrected chi connectivity index (χ2v) is 14.9. The van der Waals surface area contributed by atoms with Gasteiger partial charge < -0.3 is 5.32 Å². The molecule has 2 aliphatic rings. The Balaban J connectivity index is 1.48. The number of nitrogens with one attached hydrogen (secondary N) is 1. The number of allylic oxidation sites excluding steroid dienone is 1. The Morgan fingerprint density at radius 2 is 1.58 bits per heavy atom. The van der Waals surface area contributed by atoms with Crippen molar-refractivity contribution in [3.05, 3.63) is 45.0 Å². The molecule has 0 aliphatic carbocycles. The molecule has 31 heavy (non-hydrogen) atoms. The molecule has 0 saturated heterocycles. The number of hydrogen-bond acceptors (Lipinski definition) is 6. The lowest BCUT2D eigenvalue weighted by atomic mass is 9.95. The van der Waals surface area contributed by atoms with Gasteiger partial charge in [0.05, 0.1) is 14.4 Å². The minimum Gasteiger partial charge on any atom is -0.380 e. The zero-order chi connectivity index (χ0) is 21.5. The number of anilines is 1. The molecule has 2 atom stereocenters. The molecule has 160 valence electrons. The van der Waals surface area contributed by atoms with E-state index in [1.807, 2.05) is 41.1 Å². The van der Waals surface area contributed by atoms with Gasteiger partial charge in [0.15, 0.2) is 0 Å². The van der Waals surface area contributed by atoms with Crippen LogP contribution in [0.1, 0.15) is 37.4 Å². The summed E-state index contributed by atoms with van der Waals surface area (Å²) >= 11 is 10.0. The topological polar surface area (TPSA) is 12.0 Å². The van der Waals surface area contributed by atoms with Crippen LogP contribution in [0.15, 0.2) is 35.3 Å². The first-order valence-electron chi connectivity index (χ1n) is 10.7. The third-order valence-electron chi connectivity index (χ3n) is 6.05. The summed E-state index contributed by atoms with van der Waals surface area (Å²) in [6.45, 7) is 9.26. The molecule has 0 amide bonds. The molecule has 6 rings (SSSR count). The van der Waals surface area contributed by atoms with Crippen molar-refractivity contribution >= 4 is 97.7 Å². The second-order valence-electron chi connectivity index (χ2n) is 9.24. The summed E-state index contributed by atoms with van der Waals surface area (Å²) in [6.07, 6.45) is 6.17. The number of fused-ring (bicyclic) bond motifs is 7. The zero-order valence-corrected chi connectivity index (χ0v) is 22.4. The molecule has 0 spiro atoms. The molecule has 1 nitrogen and oxygen atoms in total. The number of thiophene rings is 3. The fourth-order valence-electron chi connectivity index (χ4n) is 4.38. The Hall–Kier alpha value is -0.920. The lowest BCUT2D eigenvalue weighted by Gasteiger charge is -2.20. The first-order valence-corrected chi connectivity index (χ1v) is 14.9. The fourth-order valence-corrected chi connectivity index (χ4v) is 11.0. The number of rotatable bonds is 3. The molecule has 1 aromatic carbocycles. The van der Waals surface area contributed by atoms with Crippen LogP contribution >= 0.6 is 57.5 Å². The maximum atomic E-state index is 3.37. The summed E-state index contributed by atoms with van der Waals surface area (Å²) in [4.78, 5) is 5.95. The normalized spacial score (nSPS) is 21.3. The summed E-state index contributed by atoms with van der Waals surface area (Å²) in [5.41, 5.74) is 0.262. The van der Waals surface area contributed by atoms with E-state index in [2.05, 4.69) is 86.9 Å². The van der Waals surface area contributed by atoms with Crippen molar-refractivity contribution in [3.63, 3.8) is 0 Å². The molecule has 2 aliphatic heterocycles. The monoisotopic (exact) mass is 499 g/mol. The van der Waals surface area contributed by atoms with Gasteiger partial charge in [-0.25, -0.2) is 0 Å².